The monoisotopic (exact) mass is 274 g/mol. The predicted molar refractivity (Wildman–Crippen MR) is 78.9 cm³/mol. The van der Waals surface area contributed by atoms with Gasteiger partial charge in [-0.1, -0.05) is 18.2 Å². The molecule has 0 saturated carbocycles. The Hall–Kier alpha value is -1.81. The molecule has 0 spiro atoms. The highest BCUT2D eigenvalue weighted by Crippen LogP contribution is 2.27. The number of aromatic nitrogens is 2. The first-order valence-corrected chi connectivity index (χ1v) is 7.05. The Balaban J connectivity index is 2.12. The van der Waals surface area contributed by atoms with Gasteiger partial charge in [-0.25, -0.2) is 0 Å². The maximum absolute atomic E-state index is 10.4. The zero-order valence-corrected chi connectivity index (χ0v) is 12.3. The van der Waals surface area contributed by atoms with Gasteiger partial charge in [0.1, 0.15) is 5.75 Å². The molecule has 0 aliphatic carbocycles. The lowest BCUT2D eigenvalue weighted by Gasteiger charge is -2.14. The Bertz CT molecular complexity index is 549. The number of rotatable bonds is 6. The standard InChI is InChI=1S/C16H22N2O2/c1-4-20-16-8-6-5-7-14(16)15(19)11-13-9-10-18(17-13)12(2)3/h5-10,12,15,19H,4,11H2,1-3H3. The van der Waals surface area contributed by atoms with Gasteiger partial charge in [0.15, 0.2) is 0 Å². The van der Waals surface area contributed by atoms with E-state index in [9.17, 15) is 5.11 Å². The number of aliphatic hydroxyl groups excluding tert-OH is 1. The molecule has 4 heteroatoms. The third-order valence-electron chi connectivity index (χ3n) is 3.17. The first-order chi connectivity index (χ1) is 9.61. The van der Waals surface area contributed by atoms with Crippen molar-refractivity contribution in [3.63, 3.8) is 0 Å². The number of benzene rings is 1. The van der Waals surface area contributed by atoms with E-state index in [0.29, 0.717) is 19.1 Å². The lowest BCUT2D eigenvalue weighted by atomic mass is 10.0. The minimum absolute atomic E-state index is 0.330. The lowest BCUT2D eigenvalue weighted by molar-refractivity contribution is 0.171. The van der Waals surface area contributed by atoms with E-state index >= 15 is 0 Å². The van der Waals surface area contributed by atoms with Crippen molar-refractivity contribution in [2.45, 2.75) is 39.3 Å². The molecule has 1 heterocycles. The molecule has 0 fully saturated rings. The van der Waals surface area contributed by atoms with Crippen LogP contribution in [-0.4, -0.2) is 21.5 Å². The fourth-order valence-electron chi connectivity index (χ4n) is 2.12. The highest BCUT2D eigenvalue weighted by Gasteiger charge is 2.15. The number of para-hydroxylation sites is 1. The summed E-state index contributed by atoms with van der Waals surface area (Å²) in [6.07, 6.45) is 1.83. The van der Waals surface area contributed by atoms with Crippen molar-refractivity contribution in [1.82, 2.24) is 9.78 Å². The van der Waals surface area contributed by atoms with E-state index in [0.717, 1.165) is 17.0 Å². The zero-order valence-electron chi connectivity index (χ0n) is 12.3. The molecule has 0 amide bonds. The fraction of sp³-hybridized carbons (Fsp3) is 0.438. The first kappa shape index (κ1) is 14.6. The highest BCUT2D eigenvalue weighted by atomic mass is 16.5. The van der Waals surface area contributed by atoms with Crippen LogP contribution in [0, 0.1) is 0 Å². The summed E-state index contributed by atoms with van der Waals surface area (Å²) in [6.45, 7) is 6.69. The van der Waals surface area contributed by atoms with Crippen LogP contribution in [-0.2, 0) is 6.42 Å². The van der Waals surface area contributed by atoms with Crippen molar-refractivity contribution in [1.29, 1.82) is 0 Å². The van der Waals surface area contributed by atoms with Gasteiger partial charge in [-0.15, -0.1) is 0 Å². The quantitative estimate of drug-likeness (QED) is 0.880. The Labute approximate surface area is 120 Å². The third kappa shape index (κ3) is 3.39. The van der Waals surface area contributed by atoms with Gasteiger partial charge in [0, 0.05) is 24.2 Å². The van der Waals surface area contributed by atoms with E-state index in [-0.39, 0.29) is 0 Å². The largest absolute Gasteiger partial charge is 0.493 e. The van der Waals surface area contributed by atoms with Crippen molar-refractivity contribution >= 4 is 0 Å². The molecule has 4 nitrogen and oxygen atoms in total. The molecule has 0 bridgehead atoms. The summed E-state index contributed by atoms with van der Waals surface area (Å²) in [4.78, 5) is 0. The van der Waals surface area contributed by atoms with Gasteiger partial charge in [0.2, 0.25) is 0 Å². The van der Waals surface area contributed by atoms with Gasteiger partial charge in [0.05, 0.1) is 18.4 Å². The molecule has 2 rings (SSSR count). The first-order valence-electron chi connectivity index (χ1n) is 7.05. The van der Waals surface area contributed by atoms with Gasteiger partial charge in [-0.05, 0) is 32.9 Å². The summed E-state index contributed by atoms with van der Waals surface area (Å²) in [5.74, 6) is 0.741. The van der Waals surface area contributed by atoms with Crippen LogP contribution in [0.25, 0.3) is 0 Å². The highest BCUT2D eigenvalue weighted by molar-refractivity contribution is 5.35. The van der Waals surface area contributed by atoms with Crippen LogP contribution >= 0.6 is 0 Å². The molecule has 1 aromatic carbocycles. The number of ether oxygens (including phenoxy) is 1. The molecule has 0 aliphatic rings. The molecule has 20 heavy (non-hydrogen) atoms. The molecule has 108 valence electrons. The number of hydrogen-bond acceptors (Lipinski definition) is 3. The van der Waals surface area contributed by atoms with E-state index in [4.69, 9.17) is 4.74 Å². The van der Waals surface area contributed by atoms with Crippen LogP contribution in [0.2, 0.25) is 0 Å². The van der Waals surface area contributed by atoms with E-state index in [1.807, 2.05) is 48.1 Å². The van der Waals surface area contributed by atoms with Gasteiger partial charge >= 0.3 is 0 Å². The molecular weight excluding hydrogens is 252 g/mol. The van der Waals surface area contributed by atoms with Crippen molar-refractivity contribution in [3.8, 4) is 5.75 Å². The van der Waals surface area contributed by atoms with Crippen molar-refractivity contribution < 1.29 is 9.84 Å². The average Bonchev–Trinajstić information content (AvgIpc) is 2.88. The molecule has 2 aromatic rings. The molecule has 0 radical (unpaired) electrons. The van der Waals surface area contributed by atoms with Crippen LogP contribution < -0.4 is 4.74 Å². The van der Waals surface area contributed by atoms with Crippen LogP contribution in [0.1, 0.15) is 44.2 Å². The smallest absolute Gasteiger partial charge is 0.125 e. The van der Waals surface area contributed by atoms with E-state index < -0.39 is 6.10 Å². The molecule has 1 atom stereocenters. The molecule has 1 unspecified atom stereocenters. The fourth-order valence-corrected chi connectivity index (χ4v) is 2.12. The Morgan fingerprint density at radius 1 is 1.25 bits per heavy atom. The predicted octanol–water partition coefficient (Wildman–Crippen LogP) is 3.14. The normalized spacial score (nSPS) is 12.7. The summed E-state index contributed by atoms with van der Waals surface area (Å²) in [7, 11) is 0. The second-order valence-corrected chi connectivity index (χ2v) is 5.07. The minimum Gasteiger partial charge on any atom is -0.493 e. The molecular formula is C16H22N2O2. The SMILES string of the molecule is CCOc1ccccc1C(O)Cc1ccn(C(C)C)n1. The number of nitrogens with zero attached hydrogens (tertiary/aromatic N) is 2. The topological polar surface area (TPSA) is 47.3 Å². The maximum atomic E-state index is 10.4. The van der Waals surface area contributed by atoms with Crippen molar-refractivity contribution in [3.05, 3.63) is 47.8 Å². The van der Waals surface area contributed by atoms with Crippen LogP contribution in [0.3, 0.4) is 0 Å². The molecule has 0 saturated heterocycles. The van der Waals surface area contributed by atoms with Gasteiger partial charge in [0.25, 0.3) is 0 Å². The summed E-state index contributed by atoms with van der Waals surface area (Å²) >= 11 is 0. The Morgan fingerprint density at radius 2 is 2.00 bits per heavy atom. The molecule has 0 aliphatic heterocycles. The van der Waals surface area contributed by atoms with Crippen LogP contribution in [0.4, 0.5) is 0 Å². The second kappa shape index (κ2) is 6.57. The lowest BCUT2D eigenvalue weighted by Crippen LogP contribution is -2.07. The summed E-state index contributed by atoms with van der Waals surface area (Å²) in [5.41, 5.74) is 1.70. The second-order valence-electron chi connectivity index (χ2n) is 5.07. The minimum atomic E-state index is -0.603. The van der Waals surface area contributed by atoms with Crippen molar-refractivity contribution in [2.75, 3.05) is 6.61 Å². The van der Waals surface area contributed by atoms with Gasteiger partial charge in [-0.2, -0.15) is 5.10 Å². The summed E-state index contributed by atoms with van der Waals surface area (Å²) in [5, 5.41) is 14.9. The van der Waals surface area contributed by atoms with E-state index in [1.54, 1.807) is 0 Å². The average molecular weight is 274 g/mol. The van der Waals surface area contributed by atoms with Crippen LogP contribution in [0.5, 0.6) is 5.75 Å². The van der Waals surface area contributed by atoms with E-state index in [1.165, 1.54) is 0 Å². The van der Waals surface area contributed by atoms with Gasteiger partial charge in [-0.3, -0.25) is 4.68 Å². The molecule has 1 N–H and O–H groups in total. The third-order valence-corrected chi connectivity index (χ3v) is 3.17. The number of hydrogen-bond donors (Lipinski definition) is 1. The van der Waals surface area contributed by atoms with Gasteiger partial charge < -0.3 is 9.84 Å². The summed E-state index contributed by atoms with van der Waals surface area (Å²) < 4.78 is 7.45. The zero-order chi connectivity index (χ0) is 14.5. The Kier molecular flexibility index (Phi) is 4.79. The maximum Gasteiger partial charge on any atom is 0.125 e. The number of aliphatic hydroxyl groups is 1. The van der Waals surface area contributed by atoms with Crippen LogP contribution in [0.15, 0.2) is 36.5 Å². The molecule has 1 aromatic heterocycles. The van der Waals surface area contributed by atoms with E-state index in [2.05, 4.69) is 18.9 Å². The Morgan fingerprint density at radius 3 is 2.65 bits per heavy atom. The summed E-state index contributed by atoms with van der Waals surface area (Å²) in [6, 6.07) is 9.88. The van der Waals surface area contributed by atoms with Crippen molar-refractivity contribution in [2.24, 2.45) is 0 Å².